The van der Waals surface area contributed by atoms with Crippen LogP contribution in [0, 0.1) is 0 Å². The van der Waals surface area contributed by atoms with Crippen molar-refractivity contribution < 1.29 is 4.74 Å². The van der Waals surface area contributed by atoms with E-state index in [-0.39, 0.29) is 0 Å². The summed E-state index contributed by atoms with van der Waals surface area (Å²) in [7, 11) is 4.12. The van der Waals surface area contributed by atoms with E-state index >= 15 is 0 Å². The van der Waals surface area contributed by atoms with Gasteiger partial charge in [0.25, 0.3) is 0 Å². The fraction of sp³-hybridized carbons (Fsp3) is 0.625. The van der Waals surface area contributed by atoms with Gasteiger partial charge in [-0.3, -0.25) is 0 Å². The first-order chi connectivity index (χ1) is 9.66. The quantitative estimate of drug-likeness (QED) is 0.747. The van der Waals surface area contributed by atoms with Gasteiger partial charge in [0.2, 0.25) is 0 Å². The minimum Gasteiger partial charge on any atom is -0.379 e. The van der Waals surface area contributed by atoms with E-state index in [1.165, 1.54) is 18.4 Å². The molecule has 0 radical (unpaired) electrons. The number of nitrogens with zero attached hydrogens (tertiary/aromatic N) is 1. The van der Waals surface area contributed by atoms with Gasteiger partial charge in [0.05, 0.1) is 13.2 Å². The summed E-state index contributed by atoms with van der Waals surface area (Å²) in [6, 6.07) is 8.81. The molecule has 0 aromatic heterocycles. The van der Waals surface area contributed by atoms with Crippen LogP contribution in [0.3, 0.4) is 0 Å². The molecule has 0 atom stereocenters. The van der Waals surface area contributed by atoms with Crippen molar-refractivity contribution in [1.82, 2.24) is 10.2 Å². The number of benzene rings is 1. The third kappa shape index (κ3) is 4.74. The van der Waals surface area contributed by atoms with Crippen LogP contribution in [-0.4, -0.2) is 51.3 Å². The van der Waals surface area contributed by atoms with Gasteiger partial charge in [0.15, 0.2) is 0 Å². The largest absolute Gasteiger partial charge is 0.379 e. The third-order valence-electron chi connectivity index (χ3n) is 3.85. The van der Waals surface area contributed by atoms with Gasteiger partial charge >= 0.3 is 0 Å². The van der Waals surface area contributed by atoms with Crippen LogP contribution in [0.5, 0.6) is 0 Å². The molecule has 112 valence electrons. The average Bonchev–Trinajstić information content (AvgIpc) is 2.36. The lowest BCUT2D eigenvalue weighted by atomic mass is 9.76. The topological polar surface area (TPSA) is 24.5 Å². The number of rotatable bonds is 8. The Kier molecular flexibility index (Phi) is 6.30. The monoisotopic (exact) mass is 296 g/mol. The molecule has 1 aromatic rings. The van der Waals surface area contributed by atoms with E-state index in [2.05, 4.69) is 36.4 Å². The molecule has 1 saturated carbocycles. The van der Waals surface area contributed by atoms with Crippen LogP contribution in [0.4, 0.5) is 0 Å². The van der Waals surface area contributed by atoms with Crippen molar-refractivity contribution in [2.45, 2.75) is 24.8 Å². The van der Waals surface area contributed by atoms with Gasteiger partial charge in [-0.05, 0) is 44.5 Å². The highest BCUT2D eigenvalue weighted by atomic mass is 35.5. The second-order valence-corrected chi connectivity index (χ2v) is 6.16. The Morgan fingerprint density at radius 2 is 2.00 bits per heavy atom. The fourth-order valence-corrected chi connectivity index (χ4v) is 2.82. The van der Waals surface area contributed by atoms with Crippen molar-refractivity contribution in [2.75, 3.05) is 40.4 Å². The van der Waals surface area contributed by atoms with Gasteiger partial charge in [-0.25, -0.2) is 0 Å². The Morgan fingerprint density at radius 3 is 2.70 bits per heavy atom. The number of nitrogens with one attached hydrogen (secondary N) is 1. The van der Waals surface area contributed by atoms with Crippen molar-refractivity contribution >= 4 is 11.6 Å². The van der Waals surface area contributed by atoms with Crippen molar-refractivity contribution in [3.05, 3.63) is 34.9 Å². The lowest BCUT2D eigenvalue weighted by Gasteiger charge is -2.36. The van der Waals surface area contributed by atoms with Crippen LogP contribution in [-0.2, 0) is 4.74 Å². The van der Waals surface area contributed by atoms with E-state index in [0.29, 0.717) is 12.0 Å². The first kappa shape index (κ1) is 15.8. The van der Waals surface area contributed by atoms with E-state index in [1.807, 2.05) is 12.1 Å². The zero-order chi connectivity index (χ0) is 14.4. The Bertz CT molecular complexity index is 405. The SMILES string of the molecule is CN(C)CCOCCNC1CC(c2ccccc2Cl)C1. The van der Waals surface area contributed by atoms with Crippen molar-refractivity contribution in [3.8, 4) is 0 Å². The van der Waals surface area contributed by atoms with Crippen LogP contribution in [0.25, 0.3) is 0 Å². The molecule has 1 aromatic carbocycles. The maximum atomic E-state index is 6.22. The summed E-state index contributed by atoms with van der Waals surface area (Å²) < 4.78 is 5.57. The maximum Gasteiger partial charge on any atom is 0.0593 e. The maximum absolute atomic E-state index is 6.22. The standard InChI is InChI=1S/C16H25ClN2O/c1-19(2)8-10-20-9-7-18-14-11-13(12-14)15-5-3-4-6-16(15)17/h3-6,13-14,18H,7-12H2,1-2H3. The van der Waals surface area contributed by atoms with E-state index in [9.17, 15) is 0 Å². The summed E-state index contributed by atoms with van der Waals surface area (Å²) in [5, 5.41) is 4.45. The number of hydrogen-bond acceptors (Lipinski definition) is 3. The number of hydrogen-bond donors (Lipinski definition) is 1. The smallest absolute Gasteiger partial charge is 0.0593 e. The van der Waals surface area contributed by atoms with E-state index in [4.69, 9.17) is 16.3 Å². The van der Waals surface area contributed by atoms with Crippen LogP contribution in [0.1, 0.15) is 24.3 Å². The highest BCUT2D eigenvalue weighted by Crippen LogP contribution is 2.39. The summed E-state index contributed by atoms with van der Waals surface area (Å²) in [4.78, 5) is 2.13. The molecular formula is C16H25ClN2O. The van der Waals surface area contributed by atoms with Crippen molar-refractivity contribution in [2.24, 2.45) is 0 Å². The van der Waals surface area contributed by atoms with Crippen molar-refractivity contribution in [1.29, 1.82) is 0 Å². The Balaban J connectivity index is 1.55. The van der Waals surface area contributed by atoms with Gasteiger partial charge in [0, 0.05) is 24.2 Å². The number of ether oxygens (including phenoxy) is 1. The molecule has 3 nitrogen and oxygen atoms in total. The van der Waals surface area contributed by atoms with Crippen LogP contribution in [0.2, 0.25) is 5.02 Å². The number of halogens is 1. The summed E-state index contributed by atoms with van der Waals surface area (Å²) in [5.74, 6) is 0.621. The molecule has 0 aliphatic heterocycles. The van der Waals surface area contributed by atoms with Gasteiger partial charge in [0.1, 0.15) is 0 Å². The molecule has 0 saturated heterocycles. The lowest BCUT2D eigenvalue weighted by Crippen LogP contribution is -2.41. The molecule has 0 heterocycles. The average molecular weight is 297 g/mol. The highest BCUT2D eigenvalue weighted by molar-refractivity contribution is 6.31. The highest BCUT2D eigenvalue weighted by Gasteiger charge is 2.30. The number of likely N-dealkylation sites (N-methyl/N-ethyl adjacent to an activating group) is 1. The minimum absolute atomic E-state index is 0.619. The summed E-state index contributed by atoms with van der Waals surface area (Å²) in [5.41, 5.74) is 1.30. The first-order valence-electron chi connectivity index (χ1n) is 7.37. The predicted octanol–water partition coefficient (Wildman–Crippen LogP) is 2.75. The Hall–Kier alpha value is -0.610. The second kappa shape index (κ2) is 7.99. The predicted molar refractivity (Wildman–Crippen MR) is 84.6 cm³/mol. The Labute approximate surface area is 127 Å². The lowest BCUT2D eigenvalue weighted by molar-refractivity contribution is 0.114. The summed E-state index contributed by atoms with van der Waals surface area (Å²) >= 11 is 6.22. The fourth-order valence-electron chi connectivity index (χ4n) is 2.53. The minimum atomic E-state index is 0.619. The molecule has 0 spiro atoms. The molecular weight excluding hydrogens is 272 g/mol. The van der Waals surface area contributed by atoms with Gasteiger partial charge in [-0.2, -0.15) is 0 Å². The Morgan fingerprint density at radius 1 is 1.25 bits per heavy atom. The molecule has 1 fully saturated rings. The molecule has 0 unspecified atom stereocenters. The summed E-state index contributed by atoms with van der Waals surface area (Å²) in [6.07, 6.45) is 2.36. The molecule has 4 heteroatoms. The molecule has 1 N–H and O–H groups in total. The van der Waals surface area contributed by atoms with E-state index in [0.717, 1.165) is 31.3 Å². The van der Waals surface area contributed by atoms with Gasteiger partial charge in [-0.1, -0.05) is 29.8 Å². The van der Waals surface area contributed by atoms with E-state index < -0.39 is 0 Å². The van der Waals surface area contributed by atoms with E-state index in [1.54, 1.807) is 0 Å². The van der Waals surface area contributed by atoms with Crippen molar-refractivity contribution in [3.63, 3.8) is 0 Å². The molecule has 2 rings (SSSR count). The van der Waals surface area contributed by atoms with Crippen LogP contribution < -0.4 is 5.32 Å². The molecule has 1 aliphatic rings. The van der Waals surface area contributed by atoms with Gasteiger partial charge < -0.3 is 15.0 Å². The van der Waals surface area contributed by atoms with Crippen LogP contribution in [0.15, 0.2) is 24.3 Å². The van der Waals surface area contributed by atoms with Gasteiger partial charge in [-0.15, -0.1) is 0 Å². The third-order valence-corrected chi connectivity index (χ3v) is 4.19. The molecule has 20 heavy (non-hydrogen) atoms. The zero-order valence-electron chi connectivity index (χ0n) is 12.4. The molecule has 0 amide bonds. The summed E-state index contributed by atoms with van der Waals surface area (Å²) in [6.45, 7) is 3.52. The molecule has 0 bridgehead atoms. The second-order valence-electron chi connectivity index (χ2n) is 5.76. The van der Waals surface area contributed by atoms with Crippen LogP contribution >= 0.6 is 11.6 Å². The normalized spacial score (nSPS) is 22.0. The first-order valence-corrected chi connectivity index (χ1v) is 7.75. The molecule has 1 aliphatic carbocycles. The zero-order valence-corrected chi connectivity index (χ0v) is 13.2.